The van der Waals surface area contributed by atoms with E-state index in [4.69, 9.17) is 10.5 Å². The second-order valence-corrected chi connectivity index (χ2v) is 6.42. The van der Waals surface area contributed by atoms with Gasteiger partial charge >= 0.3 is 0 Å². The number of ether oxygens (including phenoxy) is 1. The molecule has 5 nitrogen and oxygen atoms in total. The Labute approximate surface area is 121 Å². The van der Waals surface area contributed by atoms with E-state index in [0.29, 0.717) is 23.9 Å². The zero-order chi connectivity index (χ0) is 14.2. The number of fused-ring (bicyclic) bond motifs is 1. The van der Waals surface area contributed by atoms with Crippen molar-refractivity contribution in [1.29, 1.82) is 0 Å². The number of nitrogens with two attached hydrogens (primary N) is 1. The first kappa shape index (κ1) is 13.3. The van der Waals surface area contributed by atoms with Crippen LogP contribution in [0.25, 0.3) is 10.2 Å². The molecule has 1 amide bonds. The molecule has 1 saturated heterocycles. The number of nitrogen functional groups attached to an aromatic ring is 1. The maximum absolute atomic E-state index is 12.4. The summed E-state index contributed by atoms with van der Waals surface area (Å²) >= 11 is 1.40. The smallest absolute Gasteiger partial charge is 0.251 e. The lowest BCUT2D eigenvalue weighted by molar-refractivity contribution is 0.0423. The van der Waals surface area contributed by atoms with Gasteiger partial charge in [0.05, 0.1) is 10.2 Å². The van der Waals surface area contributed by atoms with Gasteiger partial charge in [-0.2, -0.15) is 0 Å². The van der Waals surface area contributed by atoms with Crippen molar-refractivity contribution >= 4 is 32.6 Å². The first-order valence-electron chi connectivity index (χ1n) is 6.62. The highest BCUT2D eigenvalue weighted by Gasteiger charge is 2.29. The highest BCUT2D eigenvalue weighted by Crippen LogP contribution is 2.25. The molecule has 0 atom stereocenters. The van der Waals surface area contributed by atoms with Gasteiger partial charge in [-0.25, -0.2) is 4.98 Å². The summed E-state index contributed by atoms with van der Waals surface area (Å²) in [5.41, 5.74) is 6.98. The van der Waals surface area contributed by atoms with Crippen LogP contribution < -0.4 is 11.1 Å². The Morgan fingerprint density at radius 2 is 2.20 bits per heavy atom. The summed E-state index contributed by atoms with van der Waals surface area (Å²) in [4.78, 5) is 16.6. The summed E-state index contributed by atoms with van der Waals surface area (Å²) in [7, 11) is 0. The van der Waals surface area contributed by atoms with E-state index in [0.717, 1.165) is 23.1 Å². The Kier molecular flexibility index (Phi) is 3.35. The summed E-state index contributed by atoms with van der Waals surface area (Å²) in [5, 5.41) is 3.64. The molecule has 1 aliphatic heterocycles. The van der Waals surface area contributed by atoms with Crippen molar-refractivity contribution in [1.82, 2.24) is 10.3 Å². The Morgan fingerprint density at radius 1 is 1.45 bits per heavy atom. The lowest BCUT2D eigenvalue weighted by atomic mass is 9.92. The molecule has 1 aromatic heterocycles. The number of amides is 1. The van der Waals surface area contributed by atoms with E-state index in [2.05, 4.69) is 17.2 Å². The van der Waals surface area contributed by atoms with Crippen LogP contribution in [0.3, 0.4) is 0 Å². The van der Waals surface area contributed by atoms with Crippen molar-refractivity contribution in [2.75, 3.05) is 18.9 Å². The van der Waals surface area contributed by atoms with Crippen molar-refractivity contribution in [3.63, 3.8) is 0 Å². The van der Waals surface area contributed by atoms with Crippen LogP contribution in [0.4, 0.5) is 5.13 Å². The van der Waals surface area contributed by atoms with Gasteiger partial charge in [0, 0.05) is 24.3 Å². The minimum atomic E-state index is -0.184. The van der Waals surface area contributed by atoms with Gasteiger partial charge in [-0.1, -0.05) is 11.3 Å². The van der Waals surface area contributed by atoms with E-state index in [1.54, 1.807) is 6.07 Å². The van der Waals surface area contributed by atoms with E-state index < -0.39 is 0 Å². The largest absolute Gasteiger partial charge is 0.381 e. The first-order chi connectivity index (χ1) is 9.56. The van der Waals surface area contributed by atoms with Gasteiger partial charge in [-0.15, -0.1) is 0 Å². The molecule has 1 fully saturated rings. The van der Waals surface area contributed by atoms with Crippen LogP contribution in [0.5, 0.6) is 0 Å². The molecule has 3 N–H and O–H groups in total. The van der Waals surface area contributed by atoms with E-state index in [1.807, 2.05) is 12.1 Å². The van der Waals surface area contributed by atoms with E-state index >= 15 is 0 Å². The fraction of sp³-hybridized carbons (Fsp3) is 0.429. The average Bonchev–Trinajstić information content (AvgIpc) is 2.78. The number of nitrogens with zero attached hydrogens (tertiary/aromatic N) is 1. The highest BCUT2D eigenvalue weighted by atomic mass is 32.1. The number of rotatable bonds is 2. The summed E-state index contributed by atoms with van der Waals surface area (Å²) in [6, 6.07) is 5.48. The van der Waals surface area contributed by atoms with Crippen LogP contribution >= 0.6 is 11.3 Å². The van der Waals surface area contributed by atoms with Crippen molar-refractivity contribution in [3.8, 4) is 0 Å². The average molecular weight is 291 g/mol. The number of benzene rings is 1. The lowest BCUT2D eigenvalue weighted by Crippen LogP contribution is -2.49. The zero-order valence-electron chi connectivity index (χ0n) is 11.3. The Bertz CT molecular complexity index is 647. The molecular weight excluding hydrogens is 274 g/mol. The minimum Gasteiger partial charge on any atom is -0.381 e. The normalized spacial score (nSPS) is 18.1. The van der Waals surface area contributed by atoms with Crippen LogP contribution in [0.1, 0.15) is 30.1 Å². The van der Waals surface area contributed by atoms with Crippen molar-refractivity contribution in [2.45, 2.75) is 25.3 Å². The summed E-state index contributed by atoms with van der Waals surface area (Å²) < 4.78 is 6.28. The molecule has 0 unspecified atom stereocenters. The number of anilines is 1. The third kappa shape index (κ3) is 2.62. The van der Waals surface area contributed by atoms with E-state index in [9.17, 15) is 4.79 Å². The third-order valence-electron chi connectivity index (χ3n) is 3.68. The van der Waals surface area contributed by atoms with Gasteiger partial charge in [0.1, 0.15) is 0 Å². The predicted octanol–water partition coefficient (Wildman–Crippen LogP) is 2.18. The second kappa shape index (κ2) is 5.03. The predicted molar refractivity (Wildman–Crippen MR) is 80.0 cm³/mol. The van der Waals surface area contributed by atoms with Gasteiger partial charge in [0.25, 0.3) is 5.91 Å². The maximum atomic E-state index is 12.4. The van der Waals surface area contributed by atoms with Gasteiger partial charge in [0.2, 0.25) is 0 Å². The standard InChI is InChI=1S/C14H17N3O2S/c1-14(4-6-19-7-5-14)17-12(18)9-2-3-10-11(8-9)20-13(15)16-10/h2-3,8H,4-7H2,1H3,(H2,15,16)(H,17,18). The molecular formula is C14H17N3O2S. The summed E-state index contributed by atoms with van der Waals surface area (Å²) in [6.07, 6.45) is 1.68. The quantitative estimate of drug-likeness (QED) is 0.889. The van der Waals surface area contributed by atoms with Crippen molar-refractivity contribution in [3.05, 3.63) is 23.8 Å². The van der Waals surface area contributed by atoms with E-state index in [1.165, 1.54) is 11.3 Å². The number of thiazole rings is 1. The summed E-state index contributed by atoms with van der Waals surface area (Å²) in [5.74, 6) is -0.0525. The molecule has 0 radical (unpaired) electrons. The first-order valence-corrected chi connectivity index (χ1v) is 7.44. The Morgan fingerprint density at radius 3 is 2.95 bits per heavy atom. The lowest BCUT2D eigenvalue weighted by Gasteiger charge is -2.34. The fourth-order valence-electron chi connectivity index (χ4n) is 2.38. The number of aromatic nitrogens is 1. The molecule has 0 bridgehead atoms. The molecule has 0 spiro atoms. The molecule has 3 rings (SSSR count). The van der Waals surface area contributed by atoms with Crippen LogP contribution in [0.15, 0.2) is 18.2 Å². The van der Waals surface area contributed by atoms with Crippen molar-refractivity contribution < 1.29 is 9.53 Å². The fourth-order valence-corrected chi connectivity index (χ4v) is 3.15. The molecule has 0 saturated carbocycles. The molecule has 106 valence electrons. The Balaban J connectivity index is 1.81. The maximum Gasteiger partial charge on any atom is 0.251 e. The van der Waals surface area contributed by atoms with Crippen LogP contribution in [-0.4, -0.2) is 29.6 Å². The number of carbonyl (C=O) groups excluding carboxylic acids is 1. The van der Waals surface area contributed by atoms with Gasteiger partial charge in [-0.05, 0) is 38.0 Å². The number of hydrogen-bond donors (Lipinski definition) is 2. The highest BCUT2D eigenvalue weighted by molar-refractivity contribution is 7.22. The molecule has 2 heterocycles. The minimum absolute atomic E-state index is 0.0525. The Hall–Kier alpha value is -1.66. The zero-order valence-corrected chi connectivity index (χ0v) is 12.1. The number of carbonyl (C=O) groups is 1. The molecule has 0 aliphatic carbocycles. The topological polar surface area (TPSA) is 77.2 Å². The van der Waals surface area contributed by atoms with E-state index in [-0.39, 0.29) is 11.4 Å². The molecule has 6 heteroatoms. The van der Waals surface area contributed by atoms with Gasteiger partial charge in [0.15, 0.2) is 5.13 Å². The van der Waals surface area contributed by atoms with Crippen LogP contribution in [-0.2, 0) is 4.74 Å². The number of nitrogens with one attached hydrogen (secondary N) is 1. The van der Waals surface area contributed by atoms with Crippen LogP contribution in [0.2, 0.25) is 0 Å². The molecule has 1 aromatic carbocycles. The van der Waals surface area contributed by atoms with Gasteiger partial charge in [-0.3, -0.25) is 4.79 Å². The SMILES string of the molecule is CC1(NC(=O)c2ccc3nc(N)sc3c2)CCOCC1. The van der Waals surface area contributed by atoms with Crippen molar-refractivity contribution in [2.24, 2.45) is 0 Å². The number of hydrogen-bond acceptors (Lipinski definition) is 5. The third-order valence-corrected chi connectivity index (χ3v) is 4.53. The second-order valence-electron chi connectivity index (χ2n) is 5.36. The van der Waals surface area contributed by atoms with Crippen LogP contribution in [0, 0.1) is 0 Å². The molecule has 20 heavy (non-hydrogen) atoms. The monoisotopic (exact) mass is 291 g/mol. The molecule has 2 aromatic rings. The van der Waals surface area contributed by atoms with Gasteiger partial charge < -0.3 is 15.8 Å². The summed E-state index contributed by atoms with van der Waals surface area (Å²) in [6.45, 7) is 3.46. The molecule has 1 aliphatic rings.